The first-order valence-corrected chi connectivity index (χ1v) is 6.95. The lowest BCUT2D eigenvalue weighted by atomic mass is 10.2. The Kier molecular flexibility index (Phi) is 4.62. The number of hydrogen-bond donors (Lipinski definition) is 1. The molecule has 5 heteroatoms. The normalized spacial score (nSPS) is 10.5. The number of hydrogen-bond acceptors (Lipinski definition) is 3. The van der Waals surface area contributed by atoms with Crippen molar-refractivity contribution in [3.05, 3.63) is 46.8 Å². The standard InChI is InChI=1S/C16H21N3O2/c1-11-12(2)18-19(13(11)3)9-8-17-16(20)14-6-5-7-15(10-14)21-4/h5-7,10H,8-9H2,1-4H3,(H,17,20). The van der Waals surface area contributed by atoms with E-state index >= 15 is 0 Å². The van der Waals surface area contributed by atoms with Gasteiger partial charge in [-0.2, -0.15) is 5.10 Å². The average molecular weight is 287 g/mol. The molecule has 0 atom stereocenters. The smallest absolute Gasteiger partial charge is 0.251 e. The molecule has 21 heavy (non-hydrogen) atoms. The van der Waals surface area contributed by atoms with Gasteiger partial charge in [-0.1, -0.05) is 6.07 Å². The third-order valence-electron chi connectivity index (χ3n) is 3.68. The Hall–Kier alpha value is -2.30. The highest BCUT2D eigenvalue weighted by Gasteiger charge is 2.09. The van der Waals surface area contributed by atoms with E-state index in [1.807, 2.05) is 24.6 Å². The molecule has 1 N–H and O–H groups in total. The first-order valence-electron chi connectivity index (χ1n) is 6.95. The number of carbonyl (C=O) groups excluding carboxylic acids is 1. The van der Waals surface area contributed by atoms with Crippen LogP contribution in [-0.4, -0.2) is 29.3 Å². The van der Waals surface area contributed by atoms with Gasteiger partial charge in [-0.15, -0.1) is 0 Å². The summed E-state index contributed by atoms with van der Waals surface area (Å²) in [6, 6.07) is 7.11. The van der Waals surface area contributed by atoms with Gasteiger partial charge in [0.15, 0.2) is 0 Å². The second-order valence-corrected chi connectivity index (χ2v) is 5.01. The van der Waals surface area contributed by atoms with Gasteiger partial charge in [0.1, 0.15) is 5.75 Å². The van der Waals surface area contributed by atoms with Crippen molar-refractivity contribution in [1.82, 2.24) is 15.1 Å². The summed E-state index contributed by atoms with van der Waals surface area (Å²) in [4.78, 5) is 12.1. The van der Waals surface area contributed by atoms with Crippen LogP contribution in [0.5, 0.6) is 5.75 Å². The van der Waals surface area contributed by atoms with Crippen molar-refractivity contribution in [2.24, 2.45) is 0 Å². The van der Waals surface area contributed by atoms with Crippen molar-refractivity contribution < 1.29 is 9.53 Å². The Morgan fingerprint density at radius 2 is 2.10 bits per heavy atom. The number of methoxy groups -OCH3 is 1. The predicted molar refractivity (Wildman–Crippen MR) is 81.8 cm³/mol. The molecule has 0 saturated carbocycles. The van der Waals surface area contributed by atoms with Crippen LogP contribution in [0.2, 0.25) is 0 Å². The summed E-state index contributed by atoms with van der Waals surface area (Å²) in [5.74, 6) is 0.573. The number of ether oxygens (including phenoxy) is 1. The zero-order valence-electron chi connectivity index (χ0n) is 12.9. The van der Waals surface area contributed by atoms with Crippen molar-refractivity contribution in [2.75, 3.05) is 13.7 Å². The van der Waals surface area contributed by atoms with E-state index in [4.69, 9.17) is 4.74 Å². The van der Waals surface area contributed by atoms with Crippen LogP contribution < -0.4 is 10.1 Å². The Labute approximate surface area is 124 Å². The summed E-state index contributed by atoms with van der Waals surface area (Å²) in [6.45, 7) is 7.30. The lowest BCUT2D eigenvalue weighted by Crippen LogP contribution is -2.27. The van der Waals surface area contributed by atoms with Gasteiger partial charge >= 0.3 is 0 Å². The average Bonchev–Trinajstić information content (AvgIpc) is 2.74. The first-order chi connectivity index (χ1) is 10.0. The molecule has 0 bridgehead atoms. The van der Waals surface area contributed by atoms with Gasteiger partial charge in [0.25, 0.3) is 5.91 Å². The minimum Gasteiger partial charge on any atom is -0.497 e. The lowest BCUT2D eigenvalue weighted by molar-refractivity contribution is 0.0951. The number of nitrogens with one attached hydrogen (secondary N) is 1. The first kappa shape index (κ1) is 15.1. The van der Waals surface area contributed by atoms with E-state index in [1.165, 1.54) is 5.56 Å². The monoisotopic (exact) mass is 287 g/mol. The van der Waals surface area contributed by atoms with Crippen molar-refractivity contribution >= 4 is 5.91 Å². The highest BCUT2D eigenvalue weighted by atomic mass is 16.5. The van der Waals surface area contributed by atoms with Crippen LogP contribution in [0.4, 0.5) is 0 Å². The minimum absolute atomic E-state index is 0.104. The van der Waals surface area contributed by atoms with Crippen LogP contribution in [0.1, 0.15) is 27.3 Å². The van der Waals surface area contributed by atoms with Crippen molar-refractivity contribution in [3.8, 4) is 5.75 Å². The second-order valence-electron chi connectivity index (χ2n) is 5.01. The van der Waals surface area contributed by atoms with Crippen molar-refractivity contribution in [3.63, 3.8) is 0 Å². The third kappa shape index (κ3) is 3.42. The number of rotatable bonds is 5. The summed E-state index contributed by atoms with van der Waals surface area (Å²) in [5, 5.41) is 7.35. The SMILES string of the molecule is COc1cccc(C(=O)NCCn2nc(C)c(C)c2C)c1. The molecule has 1 aromatic carbocycles. The van der Waals surface area contributed by atoms with E-state index in [1.54, 1.807) is 25.3 Å². The molecule has 112 valence electrons. The molecule has 0 saturated heterocycles. The molecule has 1 aromatic heterocycles. The van der Waals surface area contributed by atoms with Crippen LogP contribution in [0.3, 0.4) is 0 Å². The Balaban J connectivity index is 1.93. The fraction of sp³-hybridized carbons (Fsp3) is 0.375. The number of aromatic nitrogens is 2. The van der Waals surface area contributed by atoms with Gasteiger partial charge < -0.3 is 10.1 Å². The van der Waals surface area contributed by atoms with Crippen LogP contribution >= 0.6 is 0 Å². The molecule has 1 amide bonds. The van der Waals surface area contributed by atoms with E-state index in [0.29, 0.717) is 24.4 Å². The molecule has 0 aliphatic rings. The van der Waals surface area contributed by atoms with Crippen LogP contribution in [0.25, 0.3) is 0 Å². The maximum absolute atomic E-state index is 12.1. The van der Waals surface area contributed by atoms with Gasteiger partial charge in [0.05, 0.1) is 19.3 Å². The molecule has 0 aliphatic heterocycles. The van der Waals surface area contributed by atoms with E-state index in [9.17, 15) is 4.79 Å². The highest BCUT2D eigenvalue weighted by molar-refractivity contribution is 5.94. The van der Waals surface area contributed by atoms with Crippen molar-refractivity contribution in [1.29, 1.82) is 0 Å². The third-order valence-corrected chi connectivity index (χ3v) is 3.68. The second kappa shape index (κ2) is 6.43. The highest BCUT2D eigenvalue weighted by Crippen LogP contribution is 2.12. The molecule has 1 heterocycles. The summed E-state index contributed by atoms with van der Waals surface area (Å²) in [5.41, 5.74) is 3.97. The van der Waals surface area contributed by atoms with Crippen LogP contribution in [0, 0.1) is 20.8 Å². The maximum atomic E-state index is 12.1. The molecule has 0 fully saturated rings. The zero-order chi connectivity index (χ0) is 15.4. The summed E-state index contributed by atoms with van der Waals surface area (Å²) < 4.78 is 7.04. The number of benzene rings is 1. The maximum Gasteiger partial charge on any atom is 0.251 e. The fourth-order valence-corrected chi connectivity index (χ4v) is 2.15. The van der Waals surface area contributed by atoms with E-state index in [2.05, 4.69) is 17.3 Å². The molecule has 0 aliphatic carbocycles. The number of nitrogens with zero attached hydrogens (tertiary/aromatic N) is 2. The van der Waals surface area contributed by atoms with Crippen LogP contribution in [0.15, 0.2) is 24.3 Å². The Morgan fingerprint density at radius 1 is 1.33 bits per heavy atom. The van der Waals surface area contributed by atoms with Gasteiger partial charge in [0.2, 0.25) is 0 Å². The minimum atomic E-state index is -0.104. The van der Waals surface area contributed by atoms with Gasteiger partial charge in [-0.3, -0.25) is 9.48 Å². The molecular formula is C16H21N3O2. The van der Waals surface area contributed by atoms with Gasteiger partial charge in [0, 0.05) is 17.8 Å². The molecule has 5 nitrogen and oxygen atoms in total. The molecule has 0 unspecified atom stereocenters. The number of amides is 1. The predicted octanol–water partition coefficient (Wildman–Crippen LogP) is 2.25. The largest absolute Gasteiger partial charge is 0.497 e. The number of aryl methyl sites for hydroxylation is 1. The molecule has 0 radical (unpaired) electrons. The molecular weight excluding hydrogens is 266 g/mol. The fourth-order valence-electron chi connectivity index (χ4n) is 2.15. The summed E-state index contributed by atoms with van der Waals surface area (Å²) in [6.07, 6.45) is 0. The van der Waals surface area contributed by atoms with Gasteiger partial charge in [-0.25, -0.2) is 0 Å². The lowest BCUT2D eigenvalue weighted by Gasteiger charge is -2.08. The van der Waals surface area contributed by atoms with Crippen LogP contribution in [-0.2, 0) is 6.54 Å². The quantitative estimate of drug-likeness (QED) is 0.917. The Bertz CT molecular complexity index is 647. The van der Waals surface area contributed by atoms with Gasteiger partial charge in [-0.05, 0) is 44.5 Å². The van der Waals surface area contributed by atoms with E-state index in [-0.39, 0.29) is 5.91 Å². The molecule has 2 rings (SSSR count). The molecule has 2 aromatic rings. The molecule has 0 spiro atoms. The zero-order valence-corrected chi connectivity index (χ0v) is 12.9. The number of carbonyl (C=O) groups is 1. The summed E-state index contributed by atoms with van der Waals surface area (Å²) >= 11 is 0. The Morgan fingerprint density at radius 3 is 2.71 bits per heavy atom. The summed E-state index contributed by atoms with van der Waals surface area (Å²) in [7, 11) is 1.59. The van der Waals surface area contributed by atoms with E-state index in [0.717, 1.165) is 11.4 Å². The van der Waals surface area contributed by atoms with E-state index < -0.39 is 0 Å². The topological polar surface area (TPSA) is 56.1 Å². The van der Waals surface area contributed by atoms with Crippen molar-refractivity contribution in [2.45, 2.75) is 27.3 Å².